The van der Waals surface area contributed by atoms with Crippen LogP contribution in [0.5, 0.6) is 0 Å². The van der Waals surface area contributed by atoms with Crippen molar-refractivity contribution in [3.8, 4) is 0 Å². The van der Waals surface area contributed by atoms with E-state index in [2.05, 4.69) is 31.0 Å². The fourth-order valence-electron chi connectivity index (χ4n) is 4.57. The van der Waals surface area contributed by atoms with Gasteiger partial charge in [-0.05, 0) is 12.5 Å². The van der Waals surface area contributed by atoms with Crippen LogP contribution in [0.2, 0.25) is 0 Å². The molecule has 0 saturated carbocycles. The summed E-state index contributed by atoms with van der Waals surface area (Å²) < 4.78 is 0. The molecule has 21 heavy (non-hydrogen) atoms. The minimum absolute atomic E-state index is 0.921. The van der Waals surface area contributed by atoms with Gasteiger partial charge in [-0.15, -0.1) is 0 Å². The monoisotopic (exact) mass is 289 g/mol. The van der Waals surface area contributed by atoms with E-state index in [1.54, 1.807) is 4.90 Å². The minimum Gasteiger partial charge on any atom is -0.332 e. The van der Waals surface area contributed by atoms with Gasteiger partial charge < -0.3 is 9.80 Å². The van der Waals surface area contributed by atoms with Gasteiger partial charge in [0.2, 0.25) is 0 Å². The minimum atomic E-state index is 0.921. The highest BCUT2D eigenvalue weighted by molar-refractivity contribution is 5.06. The first-order chi connectivity index (χ1) is 10.2. The third kappa shape index (κ3) is 4.04. The van der Waals surface area contributed by atoms with Crippen molar-refractivity contribution < 1.29 is 9.80 Å². The van der Waals surface area contributed by atoms with Gasteiger partial charge >= 0.3 is 0 Å². The van der Waals surface area contributed by atoms with Crippen LogP contribution >= 0.6 is 0 Å². The maximum atomic E-state index is 4.24. The van der Waals surface area contributed by atoms with Crippen molar-refractivity contribution in [3.63, 3.8) is 0 Å². The number of nitrogens with zero attached hydrogens (tertiary/aromatic N) is 1. The van der Waals surface area contributed by atoms with Crippen molar-refractivity contribution in [2.24, 2.45) is 11.8 Å². The predicted molar refractivity (Wildman–Crippen MR) is 85.3 cm³/mol. The molecule has 2 aliphatic rings. The molecular weight excluding hydrogens is 258 g/mol. The molecule has 0 radical (unpaired) electrons. The Hall–Kier alpha value is -0.930. The average Bonchev–Trinajstić information content (AvgIpc) is 2.48. The fraction of sp³-hybridized carbons (Fsp3) is 0.722. The van der Waals surface area contributed by atoms with E-state index in [9.17, 15) is 0 Å². The van der Waals surface area contributed by atoms with Gasteiger partial charge in [0.05, 0.1) is 32.2 Å². The van der Waals surface area contributed by atoms with Crippen molar-refractivity contribution in [1.82, 2.24) is 4.98 Å². The predicted octanol–water partition coefficient (Wildman–Crippen LogP) is 0.190. The number of piperidine rings is 2. The topological polar surface area (TPSA) is 21.8 Å². The van der Waals surface area contributed by atoms with Gasteiger partial charge in [0.1, 0.15) is 6.54 Å². The molecule has 0 bridgehead atoms. The van der Waals surface area contributed by atoms with E-state index < -0.39 is 0 Å². The number of nitrogens with one attached hydrogen (secondary N) is 2. The van der Waals surface area contributed by atoms with Crippen LogP contribution in [0.1, 0.15) is 38.7 Å². The van der Waals surface area contributed by atoms with E-state index in [1.165, 1.54) is 51.0 Å². The Bertz CT molecular complexity index is 415. The van der Waals surface area contributed by atoms with Crippen LogP contribution in [-0.2, 0) is 6.54 Å². The second-order valence-electron chi connectivity index (χ2n) is 7.57. The summed E-state index contributed by atoms with van der Waals surface area (Å²) in [4.78, 5) is 7.89. The standard InChI is InChI=1S/C18H29N3/c1-15-10-16(2)13-21(12-15)18-5-8-20(9-6-18)14-17-4-3-7-19-11-17/h3-4,7,11,15-16,18H,5-6,8-10,12-14H2,1-2H3/p+2/t15-,16+. The highest BCUT2D eigenvalue weighted by Gasteiger charge is 2.34. The summed E-state index contributed by atoms with van der Waals surface area (Å²) in [5.74, 6) is 1.84. The summed E-state index contributed by atoms with van der Waals surface area (Å²) in [6.07, 6.45) is 8.15. The third-order valence-electron chi connectivity index (χ3n) is 5.47. The van der Waals surface area contributed by atoms with Crippen LogP contribution in [0.25, 0.3) is 0 Å². The normalized spacial score (nSPS) is 37.3. The molecule has 3 nitrogen and oxygen atoms in total. The Morgan fingerprint density at radius 1 is 1.14 bits per heavy atom. The van der Waals surface area contributed by atoms with Crippen LogP contribution < -0.4 is 9.80 Å². The molecule has 0 aliphatic carbocycles. The summed E-state index contributed by atoms with van der Waals surface area (Å²) in [7, 11) is 0. The lowest BCUT2D eigenvalue weighted by Gasteiger charge is -2.39. The first kappa shape index (κ1) is 15.0. The van der Waals surface area contributed by atoms with Gasteiger partial charge in [0.15, 0.2) is 0 Å². The highest BCUT2D eigenvalue weighted by Crippen LogP contribution is 2.13. The molecule has 116 valence electrons. The van der Waals surface area contributed by atoms with E-state index in [0.29, 0.717) is 0 Å². The Morgan fingerprint density at radius 3 is 2.48 bits per heavy atom. The van der Waals surface area contributed by atoms with Crippen molar-refractivity contribution in [2.45, 2.75) is 45.7 Å². The van der Waals surface area contributed by atoms with Gasteiger partial charge in [0, 0.05) is 42.6 Å². The van der Waals surface area contributed by atoms with Gasteiger partial charge in [-0.2, -0.15) is 0 Å². The molecule has 2 saturated heterocycles. The van der Waals surface area contributed by atoms with Crippen LogP contribution in [0, 0.1) is 11.8 Å². The van der Waals surface area contributed by atoms with E-state index >= 15 is 0 Å². The smallest absolute Gasteiger partial charge is 0.104 e. The number of likely N-dealkylation sites (tertiary alicyclic amines) is 2. The second kappa shape index (κ2) is 6.89. The molecule has 2 fully saturated rings. The van der Waals surface area contributed by atoms with Gasteiger partial charge in [0.25, 0.3) is 0 Å². The average molecular weight is 289 g/mol. The molecule has 3 rings (SSSR count). The van der Waals surface area contributed by atoms with Crippen LogP contribution in [0.4, 0.5) is 0 Å². The summed E-state index contributed by atoms with van der Waals surface area (Å²) in [6, 6.07) is 5.20. The number of hydrogen-bond donors (Lipinski definition) is 2. The van der Waals surface area contributed by atoms with Crippen LogP contribution in [0.15, 0.2) is 24.5 Å². The molecule has 2 N–H and O–H groups in total. The van der Waals surface area contributed by atoms with Crippen LogP contribution in [0.3, 0.4) is 0 Å². The number of rotatable bonds is 3. The quantitative estimate of drug-likeness (QED) is 0.815. The lowest BCUT2D eigenvalue weighted by atomic mass is 9.89. The lowest BCUT2D eigenvalue weighted by molar-refractivity contribution is -0.969. The summed E-state index contributed by atoms with van der Waals surface area (Å²) in [5, 5.41) is 0. The third-order valence-corrected chi connectivity index (χ3v) is 5.47. The molecule has 0 aromatic carbocycles. The first-order valence-corrected chi connectivity index (χ1v) is 8.77. The van der Waals surface area contributed by atoms with Crippen molar-refractivity contribution in [2.75, 3.05) is 26.2 Å². The van der Waals surface area contributed by atoms with Crippen molar-refractivity contribution in [1.29, 1.82) is 0 Å². The van der Waals surface area contributed by atoms with Gasteiger partial charge in [-0.3, -0.25) is 4.98 Å². The fourth-order valence-corrected chi connectivity index (χ4v) is 4.57. The summed E-state index contributed by atoms with van der Waals surface area (Å²) in [6.45, 7) is 11.5. The Labute approximate surface area is 129 Å². The highest BCUT2D eigenvalue weighted by atomic mass is 15.2. The number of aromatic nitrogens is 1. The molecule has 3 heteroatoms. The van der Waals surface area contributed by atoms with Crippen molar-refractivity contribution >= 4 is 0 Å². The van der Waals surface area contributed by atoms with E-state index in [1.807, 2.05) is 17.3 Å². The largest absolute Gasteiger partial charge is 0.332 e. The van der Waals surface area contributed by atoms with E-state index in [-0.39, 0.29) is 0 Å². The SMILES string of the molecule is C[C@@H]1C[C@H](C)C[NH+](C2CC[NH+](Cc3cccnc3)CC2)C1. The Morgan fingerprint density at radius 2 is 1.86 bits per heavy atom. The van der Waals surface area contributed by atoms with Crippen molar-refractivity contribution in [3.05, 3.63) is 30.1 Å². The zero-order valence-corrected chi connectivity index (χ0v) is 13.6. The molecule has 1 aromatic heterocycles. The lowest BCUT2D eigenvalue weighted by Crippen LogP contribution is -3.21. The molecule has 3 atom stereocenters. The maximum Gasteiger partial charge on any atom is 0.104 e. The maximum absolute atomic E-state index is 4.24. The van der Waals surface area contributed by atoms with Gasteiger partial charge in [-0.25, -0.2) is 0 Å². The van der Waals surface area contributed by atoms with Crippen LogP contribution in [-0.4, -0.2) is 37.2 Å². The first-order valence-electron chi connectivity index (χ1n) is 8.77. The molecule has 0 amide bonds. The number of quaternary nitrogens is 2. The summed E-state index contributed by atoms with van der Waals surface area (Å²) >= 11 is 0. The molecule has 1 unspecified atom stereocenters. The number of hydrogen-bond acceptors (Lipinski definition) is 1. The molecule has 2 aliphatic heterocycles. The van der Waals surface area contributed by atoms with Gasteiger partial charge in [-0.1, -0.05) is 19.9 Å². The zero-order chi connectivity index (χ0) is 14.7. The molecule has 3 heterocycles. The Balaban J connectivity index is 1.48. The number of pyridine rings is 1. The molecule has 1 aromatic rings. The second-order valence-corrected chi connectivity index (χ2v) is 7.57. The molecular formula is C18H31N3+2. The Kier molecular flexibility index (Phi) is 4.91. The van der Waals surface area contributed by atoms with E-state index in [0.717, 1.165) is 24.4 Å². The summed E-state index contributed by atoms with van der Waals surface area (Å²) in [5.41, 5.74) is 1.39. The van der Waals surface area contributed by atoms with E-state index in [4.69, 9.17) is 0 Å². The zero-order valence-electron chi connectivity index (χ0n) is 13.6. The molecule has 0 spiro atoms.